The number of rotatable bonds is 7. The first-order valence-electron chi connectivity index (χ1n) is 6.12. The molecule has 0 radical (unpaired) electrons. The molecular formula is C11H15N5O3S. The van der Waals surface area contributed by atoms with Gasteiger partial charge in [0.05, 0.1) is 18.1 Å². The van der Waals surface area contributed by atoms with Gasteiger partial charge in [-0.25, -0.2) is 0 Å². The lowest BCUT2D eigenvalue weighted by Gasteiger charge is -2.00. The van der Waals surface area contributed by atoms with E-state index in [0.717, 1.165) is 0 Å². The summed E-state index contributed by atoms with van der Waals surface area (Å²) in [5.74, 6) is 2.79. The molecule has 0 spiro atoms. The van der Waals surface area contributed by atoms with Gasteiger partial charge in [0.15, 0.2) is 5.82 Å². The fraction of sp³-hybridized carbons (Fsp3) is 0.545. The standard InChI is InChI=1S/C11H15N5O3S/c1-3-9-14-15-10(18-9)4-12-8(17)5-20-6-11-13-7(2)16-19-11/h3-6H2,1-2H3,(H,12,17). The third kappa shape index (κ3) is 4.34. The van der Waals surface area contributed by atoms with Gasteiger partial charge in [0.25, 0.3) is 0 Å². The molecule has 0 aliphatic rings. The lowest BCUT2D eigenvalue weighted by atomic mass is 10.5. The zero-order chi connectivity index (χ0) is 14.4. The van der Waals surface area contributed by atoms with Gasteiger partial charge in [-0.1, -0.05) is 12.1 Å². The zero-order valence-electron chi connectivity index (χ0n) is 11.3. The molecule has 0 aliphatic heterocycles. The number of nitrogens with one attached hydrogen (secondary N) is 1. The average Bonchev–Trinajstić information content (AvgIpc) is 3.05. The monoisotopic (exact) mass is 297 g/mol. The summed E-state index contributed by atoms with van der Waals surface area (Å²) >= 11 is 1.40. The Kier molecular flexibility index (Phi) is 5.10. The van der Waals surface area contributed by atoms with Crippen molar-refractivity contribution in [1.29, 1.82) is 0 Å². The van der Waals surface area contributed by atoms with E-state index >= 15 is 0 Å². The van der Waals surface area contributed by atoms with Crippen LogP contribution in [0.1, 0.15) is 30.4 Å². The Morgan fingerprint density at radius 3 is 2.75 bits per heavy atom. The van der Waals surface area contributed by atoms with E-state index in [0.29, 0.717) is 41.4 Å². The van der Waals surface area contributed by atoms with Crippen molar-refractivity contribution >= 4 is 17.7 Å². The number of hydrogen-bond acceptors (Lipinski definition) is 8. The van der Waals surface area contributed by atoms with E-state index in [1.807, 2.05) is 6.92 Å². The molecular weight excluding hydrogens is 282 g/mol. The van der Waals surface area contributed by atoms with Crippen molar-refractivity contribution in [3.8, 4) is 0 Å². The van der Waals surface area contributed by atoms with Crippen molar-refractivity contribution in [3.63, 3.8) is 0 Å². The maximum Gasteiger partial charge on any atom is 0.236 e. The number of amides is 1. The topological polar surface area (TPSA) is 107 Å². The SMILES string of the molecule is CCc1nnc(CNC(=O)CSCc2nc(C)no2)o1. The van der Waals surface area contributed by atoms with Crippen molar-refractivity contribution in [2.24, 2.45) is 0 Å². The highest BCUT2D eigenvalue weighted by molar-refractivity contribution is 7.99. The molecule has 0 saturated carbocycles. The van der Waals surface area contributed by atoms with Crippen LogP contribution in [0.25, 0.3) is 0 Å². The van der Waals surface area contributed by atoms with Crippen molar-refractivity contribution in [2.45, 2.75) is 32.6 Å². The van der Waals surface area contributed by atoms with Crippen LogP contribution in [0.15, 0.2) is 8.94 Å². The third-order valence-electron chi connectivity index (χ3n) is 2.28. The van der Waals surface area contributed by atoms with Crippen LogP contribution in [0.2, 0.25) is 0 Å². The number of nitrogens with zero attached hydrogens (tertiary/aromatic N) is 4. The van der Waals surface area contributed by atoms with Crippen LogP contribution >= 0.6 is 11.8 Å². The van der Waals surface area contributed by atoms with Crippen molar-refractivity contribution < 1.29 is 13.7 Å². The first-order chi connectivity index (χ1) is 9.67. The lowest BCUT2D eigenvalue weighted by Crippen LogP contribution is -2.24. The van der Waals surface area contributed by atoms with Crippen molar-refractivity contribution in [1.82, 2.24) is 25.7 Å². The minimum atomic E-state index is -0.109. The molecule has 20 heavy (non-hydrogen) atoms. The molecule has 1 N–H and O–H groups in total. The number of carbonyl (C=O) groups excluding carboxylic acids is 1. The van der Waals surface area contributed by atoms with Gasteiger partial charge in [0.2, 0.25) is 23.6 Å². The largest absolute Gasteiger partial charge is 0.423 e. The number of carbonyl (C=O) groups is 1. The Labute approximate surface area is 119 Å². The summed E-state index contributed by atoms with van der Waals surface area (Å²) < 4.78 is 10.2. The van der Waals surface area contributed by atoms with Gasteiger partial charge in [0, 0.05) is 6.42 Å². The number of thioether (sulfide) groups is 1. The van der Waals surface area contributed by atoms with E-state index in [1.165, 1.54) is 11.8 Å². The van der Waals surface area contributed by atoms with Crippen LogP contribution in [-0.4, -0.2) is 32.0 Å². The fourth-order valence-corrected chi connectivity index (χ4v) is 2.04. The maximum absolute atomic E-state index is 11.6. The van der Waals surface area contributed by atoms with Gasteiger partial charge in [-0.3, -0.25) is 4.79 Å². The summed E-state index contributed by atoms with van der Waals surface area (Å²) in [5.41, 5.74) is 0. The normalized spacial score (nSPS) is 10.7. The zero-order valence-corrected chi connectivity index (χ0v) is 12.1. The maximum atomic E-state index is 11.6. The molecule has 2 aromatic rings. The highest BCUT2D eigenvalue weighted by Gasteiger charge is 2.08. The van der Waals surface area contributed by atoms with Gasteiger partial charge in [-0.2, -0.15) is 4.98 Å². The average molecular weight is 297 g/mol. The van der Waals surface area contributed by atoms with Crippen LogP contribution in [0.5, 0.6) is 0 Å². The molecule has 0 atom stereocenters. The third-order valence-corrected chi connectivity index (χ3v) is 3.19. The predicted octanol–water partition coefficient (Wildman–Crippen LogP) is 0.873. The second kappa shape index (κ2) is 7.04. The van der Waals surface area contributed by atoms with E-state index in [2.05, 4.69) is 25.7 Å². The van der Waals surface area contributed by atoms with Gasteiger partial charge < -0.3 is 14.3 Å². The number of aryl methyl sites for hydroxylation is 2. The highest BCUT2D eigenvalue weighted by atomic mass is 32.2. The first-order valence-corrected chi connectivity index (χ1v) is 7.27. The van der Waals surface area contributed by atoms with Crippen LogP contribution in [0.3, 0.4) is 0 Å². The van der Waals surface area contributed by atoms with E-state index in [9.17, 15) is 4.79 Å². The summed E-state index contributed by atoms with van der Waals surface area (Å²) in [4.78, 5) is 15.6. The molecule has 0 bridgehead atoms. The van der Waals surface area contributed by atoms with E-state index < -0.39 is 0 Å². The molecule has 8 nitrogen and oxygen atoms in total. The van der Waals surface area contributed by atoms with Crippen LogP contribution in [-0.2, 0) is 23.5 Å². The second-order valence-corrected chi connectivity index (χ2v) is 4.93. The Bertz CT molecular complexity index is 568. The van der Waals surface area contributed by atoms with E-state index in [1.54, 1.807) is 6.92 Å². The van der Waals surface area contributed by atoms with E-state index in [4.69, 9.17) is 8.94 Å². The van der Waals surface area contributed by atoms with Gasteiger partial charge in [-0.15, -0.1) is 22.0 Å². The van der Waals surface area contributed by atoms with E-state index in [-0.39, 0.29) is 12.5 Å². The molecule has 2 rings (SSSR count). The number of hydrogen-bond donors (Lipinski definition) is 1. The molecule has 0 unspecified atom stereocenters. The molecule has 2 aromatic heterocycles. The summed E-state index contributed by atoms with van der Waals surface area (Å²) in [6, 6.07) is 0. The first kappa shape index (κ1) is 14.5. The van der Waals surface area contributed by atoms with Crippen LogP contribution in [0, 0.1) is 6.92 Å². The molecule has 2 heterocycles. The molecule has 0 aromatic carbocycles. The van der Waals surface area contributed by atoms with Crippen molar-refractivity contribution in [2.75, 3.05) is 5.75 Å². The summed E-state index contributed by atoms with van der Waals surface area (Å²) in [5, 5.41) is 14.0. The van der Waals surface area contributed by atoms with Crippen LogP contribution in [0.4, 0.5) is 0 Å². The predicted molar refractivity (Wildman–Crippen MR) is 70.7 cm³/mol. The molecule has 0 aliphatic carbocycles. The Balaban J connectivity index is 1.65. The Morgan fingerprint density at radius 2 is 2.10 bits per heavy atom. The molecule has 108 valence electrons. The van der Waals surface area contributed by atoms with Gasteiger partial charge in [-0.05, 0) is 6.92 Å². The quantitative estimate of drug-likeness (QED) is 0.802. The molecule has 9 heteroatoms. The van der Waals surface area contributed by atoms with Gasteiger partial charge in [0.1, 0.15) is 0 Å². The second-order valence-electron chi connectivity index (χ2n) is 3.95. The minimum absolute atomic E-state index is 0.109. The molecule has 1 amide bonds. The van der Waals surface area contributed by atoms with Crippen LogP contribution < -0.4 is 5.32 Å². The van der Waals surface area contributed by atoms with Gasteiger partial charge >= 0.3 is 0 Å². The fourth-order valence-electron chi connectivity index (χ4n) is 1.36. The molecule has 0 fully saturated rings. The summed E-state index contributed by atoms with van der Waals surface area (Å²) in [7, 11) is 0. The number of aromatic nitrogens is 4. The molecule has 0 saturated heterocycles. The smallest absolute Gasteiger partial charge is 0.236 e. The summed E-state index contributed by atoms with van der Waals surface area (Å²) in [6.45, 7) is 3.91. The van der Waals surface area contributed by atoms with Crippen molar-refractivity contribution in [3.05, 3.63) is 23.5 Å². The highest BCUT2D eigenvalue weighted by Crippen LogP contribution is 2.09. The lowest BCUT2D eigenvalue weighted by molar-refractivity contribution is -0.118. The minimum Gasteiger partial charge on any atom is -0.423 e. The summed E-state index contributed by atoms with van der Waals surface area (Å²) in [6.07, 6.45) is 0.681. The Morgan fingerprint density at radius 1 is 1.30 bits per heavy atom. The Hall–Kier alpha value is -1.90.